The first-order valence-electron chi connectivity index (χ1n) is 4.10. The van der Waals surface area contributed by atoms with Crippen LogP contribution in [-0.4, -0.2) is 22.8 Å². The van der Waals surface area contributed by atoms with Crippen molar-refractivity contribution in [3.05, 3.63) is 31.0 Å². The van der Waals surface area contributed by atoms with Crippen LogP contribution in [0, 0.1) is 7.05 Å². The molecule has 0 radical (unpaired) electrons. The Morgan fingerprint density at radius 3 is 3.15 bits per heavy atom. The number of carboxylic acid groups (broad SMARTS) is 1. The number of rotatable bonds is 3. The van der Waals surface area contributed by atoms with Gasteiger partial charge >= 0.3 is 5.97 Å². The van der Waals surface area contributed by atoms with E-state index in [-0.39, 0.29) is 11.7 Å². The maximum atomic E-state index is 10.3. The minimum absolute atomic E-state index is 0.0422. The molecule has 0 aromatic heterocycles. The highest BCUT2D eigenvalue weighted by Crippen LogP contribution is 2.48. The Balaban J connectivity index is 2.03. The summed E-state index contributed by atoms with van der Waals surface area (Å²) in [7, 11) is 3.66. The number of fused-ring (bicyclic) bond motifs is 1. The van der Waals surface area contributed by atoms with Crippen molar-refractivity contribution in [2.24, 2.45) is 0 Å². The maximum absolute atomic E-state index is 10.3. The fraction of sp³-hybridized carbons (Fsp3) is 0.333. The molecule has 2 atom stereocenters. The molecule has 13 heavy (non-hydrogen) atoms. The predicted molar refractivity (Wildman–Crippen MR) is 44.4 cm³/mol. The van der Waals surface area contributed by atoms with E-state index in [2.05, 4.69) is 7.05 Å². The van der Waals surface area contributed by atoms with Crippen LogP contribution in [0.1, 0.15) is 6.42 Å². The molecule has 0 aromatic rings. The van der Waals surface area contributed by atoms with E-state index >= 15 is 0 Å². The Labute approximate surface area is 75.9 Å². The first-order valence-corrected chi connectivity index (χ1v) is 4.10. The molecule has 0 bridgehead atoms. The third-order valence-corrected chi connectivity index (χ3v) is 2.43. The molecule has 0 amide bonds. The minimum atomic E-state index is -0.935. The summed E-state index contributed by atoms with van der Waals surface area (Å²) in [6, 6.07) is 0. The van der Waals surface area contributed by atoms with Crippen LogP contribution in [0.5, 0.6) is 0 Å². The Bertz CT molecular complexity index is 308. The standard InChI is InChI=1S/C9H11NO3/c1-10-6-2-4-9(8(6)13-9)5-3-7(11)12/h2-3,5,8H,1,4,10H2,(H,11,12)/b5-3+/t8-,9-/m0/s1. The lowest BCUT2D eigenvalue weighted by Gasteiger charge is -1.96. The number of hydrogen-bond acceptors (Lipinski definition) is 2. The lowest BCUT2D eigenvalue weighted by molar-refractivity contribution is -0.546. The summed E-state index contributed by atoms with van der Waals surface area (Å²) in [6.07, 6.45) is 5.59. The SMILES string of the molecule is [CH2-][NH2+]C1=CC[C@@]2(/C=C/C(=O)O)O[C@@H]12. The number of nitrogens with two attached hydrogens (primary N) is 1. The van der Waals surface area contributed by atoms with E-state index in [9.17, 15) is 4.79 Å². The molecular formula is C9H11NO3. The number of aliphatic carboxylic acids is 1. The van der Waals surface area contributed by atoms with Crippen molar-refractivity contribution in [2.45, 2.75) is 18.1 Å². The lowest BCUT2D eigenvalue weighted by Crippen LogP contribution is -2.75. The van der Waals surface area contributed by atoms with Crippen LogP contribution in [0.15, 0.2) is 23.9 Å². The summed E-state index contributed by atoms with van der Waals surface area (Å²) < 4.78 is 5.40. The van der Waals surface area contributed by atoms with E-state index in [1.807, 2.05) is 6.08 Å². The van der Waals surface area contributed by atoms with Crippen molar-refractivity contribution in [1.82, 2.24) is 0 Å². The molecular weight excluding hydrogens is 170 g/mol. The van der Waals surface area contributed by atoms with Gasteiger partial charge in [-0.2, -0.15) is 0 Å². The van der Waals surface area contributed by atoms with E-state index in [4.69, 9.17) is 9.84 Å². The van der Waals surface area contributed by atoms with Crippen LogP contribution in [0.3, 0.4) is 0 Å². The number of carboxylic acids is 1. The summed E-state index contributed by atoms with van der Waals surface area (Å²) in [5.41, 5.74) is 0.706. The molecule has 4 nitrogen and oxygen atoms in total. The second-order valence-electron chi connectivity index (χ2n) is 3.24. The van der Waals surface area contributed by atoms with Gasteiger partial charge in [-0.15, -0.1) is 7.05 Å². The Morgan fingerprint density at radius 1 is 1.92 bits per heavy atom. The topological polar surface area (TPSA) is 66.4 Å². The highest BCUT2D eigenvalue weighted by Gasteiger charge is 2.60. The van der Waals surface area contributed by atoms with E-state index in [1.54, 1.807) is 11.4 Å². The molecule has 0 saturated carbocycles. The zero-order chi connectivity index (χ0) is 9.47. The predicted octanol–water partition coefficient (Wildman–Crippen LogP) is -0.593. The van der Waals surface area contributed by atoms with Gasteiger partial charge in [-0.1, -0.05) is 0 Å². The average Bonchev–Trinajstić information content (AvgIpc) is 2.71. The molecule has 0 spiro atoms. The number of ether oxygens (including phenoxy) is 1. The molecule has 0 unspecified atom stereocenters. The first-order chi connectivity index (χ1) is 6.18. The molecule has 2 aliphatic rings. The Kier molecular flexibility index (Phi) is 1.75. The molecule has 2 rings (SSSR count). The van der Waals surface area contributed by atoms with Crippen molar-refractivity contribution in [2.75, 3.05) is 0 Å². The molecule has 3 N–H and O–H groups in total. The third kappa shape index (κ3) is 1.28. The van der Waals surface area contributed by atoms with E-state index in [0.29, 0.717) is 0 Å². The molecule has 0 aromatic carbocycles. The molecule has 1 heterocycles. The van der Waals surface area contributed by atoms with Gasteiger partial charge in [0.2, 0.25) is 0 Å². The van der Waals surface area contributed by atoms with Crippen LogP contribution in [0.2, 0.25) is 0 Å². The fourth-order valence-electron chi connectivity index (χ4n) is 1.67. The van der Waals surface area contributed by atoms with Gasteiger partial charge in [0.1, 0.15) is 11.3 Å². The highest BCUT2D eigenvalue weighted by molar-refractivity contribution is 5.80. The monoisotopic (exact) mass is 181 g/mol. The van der Waals surface area contributed by atoms with Crippen LogP contribution in [-0.2, 0) is 9.53 Å². The smallest absolute Gasteiger partial charge is 0.328 e. The maximum Gasteiger partial charge on any atom is 0.328 e. The number of epoxide rings is 1. The van der Waals surface area contributed by atoms with Crippen molar-refractivity contribution >= 4 is 5.97 Å². The van der Waals surface area contributed by atoms with Crippen LogP contribution in [0.25, 0.3) is 0 Å². The van der Waals surface area contributed by atoms with E-state index in [0.717, 1.165) is 18.2 Å². The molecule has 1 aliphatic heterocycles. The molecule has 70 valence electrons. The zero-order valence-corrected chi connectivity index (χ0v) is 7.06. The second-order valence-corrected chi connectivity index (χ2v) is 3.24. The van der Waals surface area contributed by atoms with Gasteiger partial charge in [-0.25, -0.2) is 4.79 Å². The van der Waals surface area contributed by atoms with Crippen molar-refractivity contribution in [1.29, 1.82) is 0 Å². The van der Waals surface area contributed by atoms with Gasteiger partial charge in [0.15, 0.2) is 6.10 Å². The summed E-state index contributed by atoms with van der Waals surface area (Å²) in [5.74, 6) is -0.935. The molecule has 1 aliphatic carbocycles. The zero-order valence-electron chi connectivity index (χ0n) is 7.06. The van der Waals surface area contributed by atoms with Gasteiger partial charge in [-0.3, -0.25) is 0 Å². The van der Waals surface area contributed by atoms with Crippen LogP contribution < -0.4 is 5.32 Å². The van der Waals surface area contributed by atoms with Crippen molar-refractivity contribution in [3.63, 3.8) is 0 Å². The number of quaternary nitrogens is 1. The fourth-order valence-corrected chi connectivity index (χ4v) is 1.67. The molecule has 1 fully saturated rings. The third-order valence-electron chi connectivity index (χ3n) is 2.43. The number of hydrogen-bond donors (Lipinski definition) is 2. The lowest BCUT2D eigenvalue weighted by atomic mass is 10.1. The van der Waals surface area contributed by atoms with Crippen molar-refractivity contribution in [3.8, 4) is 0 Å². The first kappa shape index (κ1) is 8.47. The minimum Gasteiger partial charge on any atom is -0.478 e. The van der Waals surface area contributed by atoms with E-state index in [1.165, 1.54) is 0 Å². The quantitative estimate of drug-likeness (QED) is 0.347. The summed E-state index contributed by atoms with van der Waals surface area (Å²) >= 11 is 0. The van der Waals surface area contributed by atoms with Gasteiger partial charge in [0.25, 0.3) is 0 Å². The Hall–Kier alpha value is -1.13. The van der Waals surface area contributed by atoms with Gasteiger partial charge in [0, 0.05) is 12.5 Å². The summed E-state index contributed by atoms with van der Waals surface area (Å²) in [4.78, 5) is 10.3. The molecule has 4 heteroatoms. The van der Waals surface area contributed by atoms with Crippen molar-refractivity contribution < 1.29 is 20.0 Å². The average molecular weight is 181 g/mol. The van der Waals surface area contributed by atoms with Crippen LogP contribution >= 0.6 is 0 Å². The second kappa shape index (κ2) is 2.68. The highest BCUT2D eigenvalue weighted by atomic mass is 16.6. The normalized spacial score (nSPS) is 36.1. The summed E-state index contributed by atoms with van der Waals surface area (Å²) in [5, 5.41) is 10.2. The summed E-state index contributed by atoms with van der Waals surface area (Å²) in [6.45, 7) is 0. The van der Waals surface area contributed by atoms with Gasteiger partial charge < -0.3 is 15.2 Å². The van der Waals surface area contributed by atoms with Crippen LogP contribution in [0.4, 0.5) is 0 Å². The Morgan fingerprint density at radius 2 is 2.69 bits per heavy atom. The number of carbonyl (C=O) groups is 1. The van der Waals surface area contributed by atoms with Gasteiger partial charge in [-0.05, 0) is 12.2 Å². The largest absolute Gasteiger partial charge is 0.478 e. The van der Waals surface area contributed by atoms with Gasteiger partial charge in [0.05, 0.1) is 0 Å². The molecule has 1 saturated heterocycles. The van der Waals surface area contributed by atoms with E-state index < -0.39 is 5.97 Å².